The number of benzene rings is 2. The van der Waals surface area contributed by atoms with Gasteiger partial charge in [0.15, 0.2) is 6.61 Å². The number of nitro groups is 1. The standard InChI is InChI=1S/C18H18N2O5S/c1-13-6-5-9-15(17(13)20(23)24)18(22)25-12-16(21)19-10-11-26-14-7-3-2-4-8-14/h2-9H,10-12H2,1H3,(H,19,21). The molecule has 7 nitrogen and oxygen atoms in total. The van der Waals surface area contributed by atoms with Crippen LogP contribution >= 0.6 is 11.8 Å². The first-order valence-corrected chi connectivity index (χ1v) is 8.83. The minimum absolute atomic E-state index is 0.164. The highest BCUT2D eigenvalue weighted by atomic mass is 32.2. The number of carbonyl (C=O) groups excluding carboxylic acids is 2. The van der Waals surface area contributed by atoms with E-state index in [1.807, 2.05) is 30.3 Å². The lowest BCUT2D eigenvalue weighted by Gasteiger charge is -2.08. The van der Waals surface area contributed by atoms with E-state index in [-0.39, 0.29) is 11.3 Å². The van der Waals surface area contributed by atoms with Gasteiger partial charge in [-0.3, -0.25) is 14.9 Å². The molecule has 0 radical (unpaired) electrons. The molecule has 1 amide bonds. The second kappa shape index (κ2) is 9.57. The molecule has 0 fully saturated rings. The number of ether oxygens (including phenoxy) is 1. The maximum atomic E-state index is 12.0. The lowest BCUT2D eigenvalue weighted by atomic mass is 10.1. The third kappa shape index (κ3) is 5.59. The first-order chi connectivity index (χ1) is 12.5. The van der Waals surface area contributed by atoms with E-state index >= 15 is 0 Å². The van der Waals surface area contributed by atoms with Crippen LogP contribution in [0.3, 0.4) is 0 Å². The molecular formula is C18H18N2O5S. The third-order valence-electron chi connectivity index (χ3n) is 3.41. The first-order valence-electron chi connectivity index (χ1n) is 7.84. The van der Waals surface area contributed by atoms with E-state index in [4.69, 9.17) is 4.74 Å². The number of hydrogen-bond acceptors (Lipinski definition) is 6. The number of nitrogens with one attached hydrogen (secondary N) is 1. The van der Waals surface area contributed by atoms with Crippen molar-refractivity contribution in [3.63, 3.8) is 0 Å². The first kappa shape index (κ1) is 19.5. The molecule has 0 spiro atoms. The van der Waals surface area contributed by atoms with Gasteiger partial charge in [-0.05, 0) is 25.1 Å². The summed E-state index contributed by atoms with van der Waals surface area (Å²) in [6.07, 6.45) is 0. The number of para-hydroxylation sites is 1. The molecule has 0 saturated heterocycles. The minimum atomic E-state index is -0.894. The third-order valence-corrected chi connectivity index (χ3v) is 4.42. The van der Waals surface area contributed by atoms with Crippen LogP contribution in [0.25, 0.3) is 0 Å². The van der Waals surface area contributed by atoms with Gasteiger partial charge >= 0.3 is 5.97 Å². The van der Waals surface area contributed by atoms with Crippen molar-refractivity contribution in [1.82, 2.24) is 5.32 Å². The van der Waals surface area contributed by atoms with Gasteiger partial charge in [-0.2, -0.15) is 0 Å². The normalized spacial score (nSPS) is 10.2. The van der Waals surface area contributed by atoms with Crippen LogP contribution in [0.5, 0.6) is 0 Å². The van der Waals surface area contributed by atoms with E-state index in [1.54, 1.807) is 11.8 Å². The predicted molar refractivity (Wildman–Crippen MR) is 98.3 cm³/mol. The number of esters is 1. The Morgan fingerprint density at radius 3 is 2.58 bits per heavy atom. The summed E-state index contributed by atoms with van der Waals surface area (Å²) in [5.74, 6) is -0.677. The molecular weight excluding hydrogens is 356 g/mol. The van der Waals surface area contributed by atoms with Crippen LogP contribution in [-0.2, 0) is 9.53 Å². The summed E-state index contributed by atoms with van der Waals surface area (Å²) in [4.78, 5) is 35.3. The Morgan fingerprint density at radius 1 is 1.15 bits per heavy atom. The SMILES string of the molecule is Cc1cccc(C(=O)OCC(=O)NCCSc2ccccc2)c1[N+](=O)[O-]. The monoisotopic (exact) mass is 374 g/mol. The minimum Gasteiger partial charge on any atom is -0.452 e. The number of hydrogen-bond donors (Lipinski definition) is 1. The highest BCUT2D eigenvalue weighted by Crippen LogP contribution is 2.23. The quantitative estimate of drug-likeness (QED) is 0.251. The van der Waals surface area contributed by atoms with E-state index in [0.29, 0.717) is 17.9 Å². The molecule has 26 heavy (non-hydrogen) atoms. The molecule has 0 unspecified atom stereocenters. The lowest BCUT2D eigenvalue weighted by Crippen LogP contribution is -2.30. The number of rotatable bonds is 8. The largest absolute Gasteiger partial charge is 0.452 e. The van der Waals surface area contributed by atoms with Crippen molar-refractivity contribution in [3.05, 3.63) is 69.8 Å². The lowest BCUT2D eigenvalue weighted by molar-refractivity contribution is -0.385. The van der Waals surface area contributed by atoms with Crippen LogP contribution in [0.1, 0.15) is 15.9 Å². The summed E-state index contributed by atoms with van der Waals surface area (Å²) in [6, 6.07) is 14.1. The zero-order chi connectivity index (χ0) is 18.9. The van der Waals surface area contributed by atoms with Crippen LogP contribution in [-0.4, -0.2) is 35.7 Å². The Hall–Kier alpha value is -2.87. The molecule has 136 valence electrons. The van der Waals surface area contributed by atoms with Gasteiger partial charge in [0.1, 0.15) is 5.56 Å². The van der Waals surface area contributed by atoms with Crippen LogP contribution in [0.2, 0.25) is 0 Å². The van der Waals surface area contributed by atoms with Crippen LogP contribution in [0.15, 0.2) is 53.4 Å². The van der Waals surface area contributed by atoms with E-state index in [1.165, 1.54) is 25.1 Å². The second-order valence-electron chi connectivity index (χ2n) is 5.32. The van der Waals surface area contributed by atoms with Gasteiger partial charge < -0.3 is 10.1 Å². The molecule has 1 N–H and O–H groups in total. The van der Waals surface area contributed by atoms with Crippen molar-refractivity contribution in [3.8, 4) is 0 Å². The summed E-state index contributed by atoms with van der Waals surface area (Å²) in [5.41, 5.74) is -0.119. The van der Waals surface area contributed by atoms with Gasteiger partial charge in [0, 0.05) is 22.8 Å². The predicted octanol–water partition coefficient (Wildman–Crippen LogP) is 2.97. The van der Waals surface area contributed by atoms with Crippen molar-refractivity contribution in [2.75, 3.05) is 18.9 Å². The molecule has 2 aromatic rings. The number of aryl methyl sites for hydroxylation is 1. The zero-order valence-electron chi connectivity index (χ0n) is 14.1. The van der Waals surface area contributed by atoms with E-state index < -0.39 is 23.4 Å². The summed E-state index contributed by atoms with van der Waals surface area (Å²) < 4.78 is 4.89. The highest BCUT2D eigenvalue weighted by Gasteiger charge is 2.24. The Labute approximate surface area is 154 Å². The molecule has 2 aromatic carbocycles. The van der Waals surface area contributed by atoms with Crippen LogP contribution in [0.4, 0.5) is 5.69 Å². The Bertz CT molecular complexity index is 795. The fourth-order valence-corrected chi connectivity index (χ4v) is 2.99. The summed E-state index contributed by atoms with van der Waals surface area (Å²) in [6.45, 7) is 1.46. The molecule has 0 heterocycles. The fourth-order valence-electron chi connectivity index (χ4n) is 2.20. The Kier molecular flexibility index (Phi) is 7.16. The van der Waals surface area contributed by atoms with Gasteiger partial charge in [-0.15, -0.1) is 11.8 Å². The fraction of sp³-hybridized carbons (Fsp3) is 0.222. The van der Waals surface area contributed by atoms with Gasteiger partial charge in [-0.1, -0.05) is 30.3 Å². The molecule has 0 bridgehead atoms. The van der Waals surface area contributed by atoms with Gasteiger partial charge in [-0.25, -0.2) is 4.79 Å². The van der Waals surface area contributed by atoms with Crippen molar-refractivity contribution < 1.29 is 19.2 Å². The molecule has 0 atom stereocenters. The average molecular weight is 374 g/mol. The molecule has 2 rings (SSSR count). The topological polar surface area (TPSA) is 98.5 Å². The Morgan fingerprint density at radius 2 is 1.88 bits per heavy atom. The molecule has 0 saturated carbocycles. The van der Waals surface area contributed by atoms with Gasteiger partial charge in [0.2, 0.25) is 0 Å². The number of nitrogens with zero attached hydrogens (tertiary/aromatic N) is 1. The van der Waals surface area contributed by atoms with Crippen LogP contribution < -0.4 is 5.32 Å². The summed E-state index contributed by atoms with van der Waals surface area (Å²) in [7, 11) is 0. The molecule has 0 aromatic heterocycles. The number of nitro benzene ring substituents is 1. The maximum Gasteiger partial charge on any atom is 0.345 e. The highest BCUT2D eigenvalue weighted by molar-refractivity contribution is 7.99. The number of carbonyl (C=O) groups is 2. The van der Waals surface area contributed by atoms with Crippen molar-refractivity contribution in [2.24, 2.45) is 0 Å². The van der Waals surface area contributed by atoms with Crippen molar-refractivity contribution in [1.29, 1.82) is 0 Å². The van der Waals surface area contributed by atoms with E-state index in [0.717, 1.165) is 4.90 Å². The zero-order valence-corrected chi connectivity index (χ0v) is 15.0. The Balaban J connectivity index is 1.78. The van der Waals surface area contributed by atoms with Gasteiger partial charge in [0.25, 0.3) is 11.6 Å². The van der Waals surface area contributed by atoms with Crippen molar-refractivity contribution >= 4 is 29.3 Å². The summed E-state index contributed by atoms with van der Waals surface area (Å²) in [5, 5.41) is 13.7. The molecule has 0 aliphatic heterocycles. The average Bonchev–Trinajstić information content (AvgIpc) is 2.63. The summed E-state index contributed by atoms with van der Waals surface area (Å²) >= 11 is 1.59. The van der Waals surface area contributed by atoms with Crippen molar-refractivity contribution in [2.45, 2.75) is 11.8 Å². The second-order valence-corrected chi connectivity index (χ2v) is 6.48. The van der Waals surface area contributed by atoms with E-state index in [2.05, 4.69) is 5.32 Å². The smallest absolute Gasteiger partial charge is 0.345 e. The number of amides is 1. The van der Waals surface area contributed by atoms with E-state index in [9.17, 15) is 19.7 Å². The van der Waals surface area contributed by atoms with Crippen LogP contribution in [0, 0.1) is 17.0 Å². The van der Waals surface area contributed by atoms with Gasteiger partial charge in [0.05, 0.1) is 4.92 Å². The molecule has 0 aliphatic carbocycles. The molecule has 0 aliphatic rings. The number of thioether (sulfide) groups is 1. The maximum absolute atomic E-state index is 12.0. The molecule has 8 heteroatoms.